The first kappa shape index (κ1) is 7.29. The van der Waals surface area contributed by atoms with Crippen molar-refractivity contribution in [2.24, 2.45) is 11.8 Å². The van der Waals surface area contributed by atoms with Crippen molar-refractivity contribution < 1.29 is 9.53 Å². The molecule has 0 amide bonds. The molecule has 0 aromatic rings. The Morgan fingerprint density at radius 1 is 1.64 bits per heavy atom. The highest BCUT2D eigenvalue weighted by molar-refractivity contribution is 5.91. The zero-order valence-electron chi connectivity index (χ0n) is 7.09. The molecule has 0 aliphatic heterocycles. The third kappa shape index (κ3) is 0.791. The van der Waals surface area contributed by atoms with E-state index < -0.39 is 0 Å². The average molecular weight is 154 g/mol. The molecule has 0 radical (unpaired) electrons. The topological polar surface area (TPSA) is 26.3 Å². The molecule has 0 N–H and O–H groups in total. The molecule has 2 nitrogen and oxygen atoms in total. The van der Waals surface area contributed by atoms with Crippen molar-refractivity contribution in [3.8, 4) is 0 Å². The number of carbonyl (C=O) groups excluding carboxylic acids is 1. The van der Waals surface area contributed by atoms with Gasteiger partial charge in [-0.05, 0) is 18.8 Å². The van der Waals surface area contributed by atoms with Crippen LogP contribution < -0.4 is 0 Å². The Hall–Kier alpha value is -0.370. The van der Waals surface area contributed by atoms with E-state index in [1.165, 1.54) is 0 Å². The number of methoxy groups -OCH3 is 1. The van der Waals surface area contributed by atoms with Gasteiger partial charge in [0.15, 0.2) is 5.78 Å². The molecule has 0 bridgehead atoms. The van der Waals surface area contributed by atoms with Crippen molar-refractivity contribution in [3.63, 3.8) is 0 Å². The third-order valence-electron chi connectivity index (χ3n) is 3.31. The quantitative estimate of drug-likeness (QED) is 0.570. The Bertz CT molecular complexity index is 200. The molecule has 11 heavy (non-hydrogen) atoms. The Kier molecular flexibility index (Phi) is 1.37. The number of ether oxygens (including phenoxy) is 1. The summed E-state index contributed by atoms with van der Waals surface area (Å²) in [6.07, 6.45) is 2.77. The van der Waals surface area contributed by atoms with Crippen molar-refractivity contribution in [1.82, 2.24) is 0 Å². The summed E-state index contributed by atoms with van der Waals surface area (Å²) < 4.78 is 5.29. The van der Waals surface area contributed by atoms with Crippen molar-refractivity contribution in [2.75, 3.05) is 7.11 Å². The van der Waals surface area contributed by atoms with Crippen LogP contribution >= 0.6 is 0 Å². The standard InChI is InChI=1S/C9H14O2/c1-6-3-4-8(10)9(11-2)5-7(6)9/h6-7H,3-5H2,1-2H3/t6-,7+,9-/m0/s1. The van der Waals surface area contributed by atoms with Crippen LogP contribution in [0.1, 0.15) is 26.2 Å². The maximum Gasteiger partial charge on any atom is 0.164 e. The molecule has 3 atom stereocenters. The Balaban J connectivity index is 2.18. The summed E-state index contributed by atoms with van der Waals surface area (Å²) in [7, 11) is 1.66. The summed E-state index contributed by atoms with van der Waals surface area (Å²) in [6.45, 7) is 2.22. The normalized spacial score (nSPS) is 48.7. The fourth-order valence-electron chi connectivity index (χ4n) is 2.37. The lowest BCUT2D eigenvalue weighted by Gasteiger charge is -2.23. The summed E-state index contributed by atoms with van der Waals surface area (Å²) >= 11 is 0. The molecule has 0 unspecified atom stereocenters. The second-order valence-corrected chi connectivity index (χ2v) is 3.84. The molecule has 2 heteroatoms. The second kappa shape index (κ2) is 2.07. The van der Waals surface area contributed by atoms with E-state index in [1.54, 1.807) is 7.11 Å². The minimum Gasteiger partial charge on any atom is -0.370 e. The summed E-state index contributed by atoms with van der Waals surface area (Å²) in [5.74, 6) is 1.56. The first-order valence-corrected chi connectivity index (χ1v) is 4.29. The zero-order chi connectivity index (χ0) is 8.06. The molecule has 0 heterocycles. The summed E-state index contributed by atoms with van der Waals surface area (Å²) in [4.78, 5) is 11.4. The first-order valence-electron chi connectivity index (χ1n) is 4.29. The lowest BCUT2D eigenvalue weighted by atomic mass is 9.88. The number of fused-ring (bicyclic) bond motifs is 1. The van der Waals surface area contributed by atoms with Crippen LogP contribution in [0.15, 0.2) is 0 Å². The lowest BCUT2D eigenvalue weighted by molar-refractivity contribution is -0.135. The van der Waals surface area contributed by atoms with E-state index in [0.29, 0.717) is 17.6 Å². The van der Waals surface area contributed by atoms with Gasteiger partial charge in [0, 0.05) is 19.4 Å². The van der Waals surface area contributed by atoms with Gasteiger partial charge in [-0.2, -0.15) is 0 Å². The number of carbonyl (C=O) groups is 1. The Morgan fingerprint density at radius 2 is 2.36 bits per heavy atom. The van der Waals surface area contributed by atoms with Gasteiger partial charge in [0.25, 0.3) is 0 Å². The van der Waals surface area contributed by atoms with Crippen molar-refractivity contribution in [3.05, 3.63) is 0 Å². The van der Waals surface area contributed by atoms with Gasteiger partial charge in [-0.15, -0.1) is 0 Å². The predicted octanol–water partition coefficient (Wildman–Crippen LogP) is 1.39. The number of Topliss-reactive ketones (excluding diaryl/α,β-unsaturated/α-hetero) is 1. The third-order valence-corrected chi connectivity index (χ3v) is 3.31. The summed E-state index contributed by atoms with van der Waals surface area (Å²) in [6, 6.07) is 0. The van der Waals surface area contributed by atoms with Gasteiger partial charge in [0.2, 0.25) is 0 Å². The maximum absolute atomic E-state index is 11.4. The summed E-state index contributed by atoms with van der Waals surface area (Å²) in [5, 5.41) is 0. The molecule has 2 aliphatic carbocycles. The van der Waals surface area contributed by atoms with Crippen molar-refractivity contribution >= 4 is 5.78 Å². The highest BCUT2D eigenvalue weighted by Gasteiger charge is 2.63. The Labute approximate surface area is 66.9 Å². The minimum absolute atomic E-state index is 0.322. The highest BCUT2D eigenvalue weighted by atomic mass is 16.5. The fourth-order valence-corrected chi connectivity index (χ4v) is 2.37. The van der Waals surface area contributed by atoms with Gasteiger partial charge in [0.05, 0.1) is 0 Å². The zero-order valence-corrected chi connectivity index (χ0v) is 7.09. The van der Waals surface area contributed by atoms with Gasteiger partial charge in [-0.3, -0.25) is 4.79 Å². The molecule has 0 aromatic heterocycles. The van der Waals surface area contributed by atoms with Crippen LogP contribution in [-0.4, -0.2) is 18.5 Å². The molecule has 62 valence electrons. The van der Waals surface area contributed by atoms with E-state index >= 15 is 0 Å². The molecule has 0 saturated heterocycles. The molecular weight excluding hydrogens is 140 g/mol. The Morgan fingerprint density at radius 3 is 2.91 bits per heavy atom. The van der Waals surface area contributed by atoms with E-state index in [0.717, 1.165) is 19.3 Å². The van der Waals surface area contributed by atoms with Gasteiger partial charge in [-0.1, -0.05) is 6.92 Å². The molecule has 2 aliphatic rings. The average Bonchev–Trinajstić information content (AvgIpc) is 2.74. The van der Waals surface area contributed by atoms with E-state index in [2.05, 4.69) is 6.92 Å². The monoisotopic (exact) mass is 154 g/mol. The number of hydrogen-bond donors (Lipinski definition) is 0. The largest absolute Gasteiger partial charge is 0.370 e. The van der Waals surface area contributed by atoms with Gasteiger partial charge in [0.1, 0.15) is 5.60 Å². The van der Waals surface area contributed by atoms with Gasteiger partial charge >= 0.3 is 0 Å². The van der Waals surface area contributed by atoms with E-state index in [4.69, 9.17) is 4.74 Å². The van der Waals surface area contributed by atoms with Crippen molar-refractivity contribution in [2.45, 2.75) is 31.8 Å². The SMILES string of the molecule is CO[C@@]12C[C@@H]1[C@@H](C)CCC2=O. The van der Waals surface area contributed by atoms with Crippen LogP contribution in [-0.2, 0) is 9.53 Å². The lowest BCUT2D eigenvalue weighted by Crippen LogP contribution is -2.33. The number of hydrogen-bond acceptors (Lipinski definition) is 2. The highest BCUT2D eigenvalue weighted by Crippen LogP contribution is 2.56. The number of rotatable bonds is 1. The maximum atomic E-state index is 11.4. The van der Waals surface area contributed by atoms with Crippen LogP contribution in [0.25, 0.3) is 0 Å². The fraction of sp³-hybridized carbons (Fsp3) is 0.889. The molecule has 2 saturated carbocycles. The molecule has 2 rings (SSSR count). The van der Waals surface area contributed by atoms with Gasteiger partial charge in [-0.25, -0.2) is 0 Å². The predicted molar refractivity (Wildman–Crippen MR) is 41.3 cm³/mol. The minimum atomic E-state index is -0.322. The van der Waals surface area contributed by atoms with Crippen LogP contribution in [0.2, 0.25) is 0 Å². The first-order chi connectivity index (χ1) is 5.20. The van der Waals surface area contributed by atoms with Crippen LogP contribution in [0.5, 0.6) is 0 Å². The van der Waals surface area contributed by atoms with E-state index in [-0.39, 0.29) is 5.60 Å². The van der Waals surface area contributed by atoms with Gasteiger partial charge < -0.3 is 4.74 Å². The molecule has 2 fully saturated rings. The second-order valence-electron chi connectivity index (χ2n) is 3.84. The van der Waals surface area contributed by atoms with Crippen LogP contribution in [0, 0.1) is 11.8 Å². The molecular formula is C9H14O2. The van der Waals surface area contributed by atoms with E-state index in [1.807, 2.05) is 0 Å². The number of ketones is 1. The van der Waals surface area contributed by atoms with E-state index in [9.17, 15) is 4.79 Å². The van der Waals surface area contributed by atoms with Crippen molar-refractivity contribution in [1.29, 1.82) is 0 Å². The van der Waals surface area contributed by atoms with Crippen LogP contribution in [0.4, 0.5) is 0 Å². The van der Waals surface area contributed by atoms with Crippen LogP contribution in [0.3, 0.4) is 0 Å². The molecule has 0 aromatic carbocycles. The summed E-state index contributed by atoms with van der Waals surface area (Å²) in [5.41, 5.74) is -0.322. The molecule has 0 spiro atoms. The smallest absolute Gasteiger partial charge is 0.164 e.